The SMILES string of the molecule is Cc1cccc(NC(C)CCc2ccc(O)cc2)c1C. The molecule has 2 heteroatoms. The lowest BCUT2D eigenvalue weighted by atomic mass is 10.0. The molecule has 0 saturated carbocycles. The predicted molar refractivity (Wildman–Crippen MR) is 85.4 cm³/mol. The van der Waals surface area contributed by atoms with Gasteiger partial charge < -0.3 is 10.4 Å². The van der Waals surface area contributed by atoms with E-state index in [-0.39, 0.29) is 0 Å². The first-order chi connectivity index (χ1) is 9.56. The van der Waals surface area contributed by atoms with Gasteiger partial charge in [-0.15, -0.1) is 0 Å². The summed E-state index contributed by atoms with van der Waals surface area (Å²) in [6, 6.07) is 14.3. The summed E-state index contributed by atoms with van der Waals surface area (Å²) in [5.41, 5.74) is 5.13. The highest BCUT2D eigenvalue weighted by atomic mass is 16.3. The number of anilines is 1. The van der Waals surface area contributed by atoms with Gasteiger partial charge in [-0.1, -0.05) is 24.3 Å². The maximum atomic E-state index is 9.27. The van der Waals surface area contributed by atoms with E-state index in [4.69, 9.17) is 0 Å². The Morgan fingerprint density at radius 1 is 1.05 bits per heavy atom. The normalized spacial score (nSPS) is 12.2. The van der Waals surface area contributed by atoms with Crippen LogP contribution in [0.5, 0.6) is 5.75 Å². The summed E-state index contributed by atoms with van der Waals surface area (Å²) in [6.45, 7) is 6.51. The molecule has 0 fully saturated rings. The first kappa shape index (κ1) is 14.4. The largest absolute Gasteiger partial charge is 0.508 e. The highest BCUT2D eigenvalue weighted by Crippen LogP contribution is 2.20. The molecule has 2 aromatic rings. The molecule has 2 aromatic carbocycles. The van der Waals surface area contributed by atoms with Gasteiger partial charge in [0.05, 0.1) is 0 Å². The van der Waals surface area contributed by atoms with Gasteiger partial charge in [0.15, 0.2) is 0 Å². The Morgan fingerprint density at radius 2 is 1.75 bits per heavy atom. The smallest absolute Gasteiger partial charge is 0.115 e. The molecule has 0 amide bonds. The molecule has 1 unspecified atom stereocenters. The zero-order valence-corrected chi connectivity index (χ0v) is 12.5. The summed E-state index contributed by atoms with van der Waals surface area (Å²) in [5, 5.41) is 12.9. The molecule has 0 aromatic heterocycles. The van der Waals surface area contributed by atoms with Crippen molar-refractivity contribution in [1.82, 2.24) is 0 Å². The van der Waals surface area contributed by atoms with E-state index in [2.05, 4.69) is 44.3 Å². The van der Waals surface area contributed by atoms with E-state index < -0.39 is 0 Å². The highest BCUT2D eigenvalue weighted by Gasteiger charge is 2.06. The zero-order valence-electron chi connectivity index (χ0n) is 12.5. The summed E-state index contributed by atoms with van der Waals surface area (Å²) in [4.78, 5) is 0. The third-order valence-corrected chi connectivity index (χ3v) is 3.81. The number of benzene rings is 2. The van der Waals surface area contributed by atoms with Crippen molar-refractivity contribution in [2.45, 2.75) is 39.7 Å². The topological polar surface area (TPSA) is 32.3 Å². The molecule has 106 valence electrons. The van der Waals surface area contributed by atoms with Crippen molar-refractivity contribution in [2.75, 3.05) is 5.32 Å². The molecule has 0 spiro atoms. The Hall–Kier alpha value is -1.96. The van der Waals surface area contributed by atoms with Gasteiger partial charge in [0.25, 0.3) is 0 Å². The average Bonchev–Trinajstić information content (AvgIpc) is 2.43. The Labute approximate surface area is 121 Å². The van der Waals surface area contributed by atoms with Gasteiger partial charge in [0.2, 0.25) is 0 Å². The van der Waals surface area contributed by atoms with Crippen LogP contribution < -0.4 is 5.32 Å². The second-order valence-electron chi connectivity index (χ2n) is 5.50. The molecule has 0 aliphatic rings. The quantitative estimate of drug-likeness (QED) is 0.841. The third kappa shape index (κ3) is 3.77. The molecule has 2 rings (SSSR count). The second kappa shape index (κ2) is 6.47. The van der Waals surface area contributed by atoms with Crippen molar-refractivity contribution in [2.24, 2.45) is 0 Å². The number of aryl methyl sites for hydroxylation is 2. The van der Waals surface area contributed by atoms with Crippen molar-refractivity contribution in [1.29, 1.82) is 0 Å². The molecule has 0 aliphatic carbocycles. The fraction of sp³-hybridized carbons (Fsp3) is 0.333. The maximum Gasteiger partial charge on any atom is 0.115 e. The number of hydrogen-bond donors (Lipinski definition) is 2. The van der Waals surface area contributed by atoms with Gasteiger partial charge in [-0.2, -0.15) is 0 Å². The zero-order chi connectivity index (χ0) is 14.5. The van der Waals surface area contributed by atoms with Crippen LogP contribution in [0.15, 0.2) is 42.5 Å². The maximum absolute atomic E-state index is 9.27. The van der Waals surface area contributed by atoms with Gasteiger partial charge in [0.1, 0.15) is 5.75 Å². The summed E-state index contributed by atoms with van der Waals surface area (Å²) in [6.07, 6.45) is 2.08. The number of aromatic hydroxyl groups is 1. The van der Waals surface area contributed by atoms with Crippen LogP contribution in [-0.2, 0) is 6.42 Å². The van der Waals surface area contributed by atoms with Crippen LogP contribution in [0.1, 0.15) is 30.0 Å². The molecule has 2 N–H and O–H groups in total. The first-order valence-electron chi connectivity index (χ1n) is 7.17. The lowest BCUT2D eigenvalue weighted by molar-refractivity contribution is 0.475. The standard InChI is InChI=1S/C18H23NO/c1-13-5-4-6-18(15(13)3)19-14(2)7-8-16-9-11-17(20)12-10-16/h4-6,9-12,14,19-20H,7-8H2,1-3H3. The monoisotopic (exact) mass is 269 g/mol. The van der Waals surface area contributed by atoms with Crippen LogP contribution in [0.4, 0.5) is 5.69 Å². The van der Waals surface area contributed by atoms with E-state index >= 15 is 0 Å². The Balaban J connectivity index is 1.91. The Morgan fingerprint density at radius 3 is 2.45 bits per heavy atom. The van der Waals surface area contributed by atoms with Crippen LogP contribution >= 0.6 is 0 Å². The second-order valence-corrected chi connectivity index (χ2v) is 5.50. The van der Waals surface area contributed by atoms with Gasteiger partial charge in [-0.25, -0.2) is 0 Å². The Bertz CT molecular complexity index is 560. The van der Waals surface area contributed by atoms with Gasteiger partial charge >= 0.3 is 0 Å². The van der Waals surface area contributed by atoms with Gasteiger partial charge in [-0.05, 0) is 68.5 Å². The lowest BCUT2D eigenvalue weighted by Gasteiger charge is -2.18. The fourth-order valence-corrected chi connectivity index (χ4v) is 2.29. The molecule has 0 bridgehead atoms. The van der Waals surface area contributed by atoms with E-state index in [1.54, 1.807) is 12.1 Å². The van der Waals surface area contributed by atoms with E-state index in [0.29, 0.717) is 11.8 Å². The van der Waals surface area contributed by atoms with E-state index in [0.717, 1.165) is 12.8 Å². The third-order valence-electron chi connectivity index (χ3n) is 3.81. The van der Waals surface area contributed by atoms with Crippen LogP contribution in [0.25, 0.3) is 0 Å². The average molecular weight is 269 g/mol. The number of rotatable bonds is 5. The van der Waals surface area contributed by atoms with E-state index in [1.165, 1.54) is 22.4 Å². The molecule has 0 aliphatic heterocycles. The van der Waals surface area contributed by atoms with E-state index in [9.17, 15) is 5.11 Å². The van der Waals surface area contributed by atoms with Crippen molar-refractivity contribution < 1.29 is 5.11 Å². The summed E-state index contributed by atoms with van der Waals surface area (Å²) >= 11 is 0. The van der Waals surface area contributed by atoms with Crippen molar-refractivity contribution in [3.63, 3.8) is 0 Å². The molecule has 1 atom stereocenters. The highest BCUT2D eigenvalue weighted by molar-refractivity contribution is 5.54. The van der Waals surface area contributed by atoms with Crippen molar-refractivity contribution in [3.05, 3.63) is 59.2 Å². The molecule has 0 radical (unpaired) electrons. The molecule has 0 heterocycles. The minimum absolute atomic E-state index is 0.329. The van der Waals surface area contributed by atoms with Crippen LogP contribution in [-0.4, -0.2) is 11.1 Å². The number of nitrogens with one attached hydrogen (secondary N) is 1. The Kier molecular flexibility index (Phi) is 4.67. The number of phenolic OH excluding ortho intramolecular Hbond substituents is 1. The lowest BCUT2D eigenvalue weighted by Crippen LogP contribution is -2.16. The minimum atomic E-state index is 0.329. The van der Waals surface area contributed by atoms with Crippen LogP contribution in [0.2, 0.25) is 0 Å². The summed E-state index contributed by atoms with van der Waals surface area (Å²) in [5.74, 6) is 0.329. The minimum Gasteiger partial charge on any atom is -0.508 e. The van der Waals surface area contributed by atoms with Gasteiger partial charge in [0, 0.05) is 11.7 Å². The summed E-state index contributed by atoms with van der Waals surface area (Å²) in [7, 11) is 0. The van der Waals surface area contributed by atoms with Crippen molar-refractivity contribution >= 4 is 5.69 Å². The molecule has 2 nitrogen and oxygen atoms in total. The van der Waals surface area contributed by atoms with Crippen molar-refractivity contribution in [3.8, 4) is 5.75 Å². The van der Waals surface area contributed by atoms with Gasteiger partial charge in [-0.3, -0.25) is 0 Å². The molecular weight excluding hydrogens is 246 g/mol. The van der Waals surface area contributed by atoms with E-state index in [1.807, 2.05) is 12.1 Å². The predicted octanol–water partition coefficient (Wildman–Crippen LogP) is 4.44. The molecular formula is C18H23NO. The molecule has 20 heavy (non-hydrogen) atoms. The molecule has 0 saturated heterocycles. The first-order valence-corrected chi connectivity index (χ1v) is 7.17. The fourth-order valence-electron chi connectivity index (χ4n) is 2.29. The number of hydrogen-bond acceptors (Lipinski definition) is 2. The van der Waals surface area contributed by atoms with Crippen LogP contribution in [0, 0.1) is 13.8 Å². The summed E-state index contributed by atoms with van der Waals surface area (Å²) < 4.78 is 0. The number of phenols is 1. The van der Waals surface area contributed by atoms with Crippen LogP contribution in [0.3, 0.4) is 0 Å².